The van der Waals surface area contributed by atoms with Crippen molar-refractivity contribution in [3.8, 4) is 0 Å². The highest BCUT2D eigenvalue weighted by Gasteiger charge is 2.27. The molecule has 1 aliphatic carbocycles. The highest BCUT2D eigenvalue weighted by Crippen LogP contribution is 2.28. The third-order valence-corrected chi connectivity index (χ3v) is 5.33. The van der Waals surface area contributed by atoms with Gasteiger partial charge in [0.25, 0.3) is 0 Å². The number of amides is 1. The molecule has 160 valence electrons. The summed E-state index contributed by atoms with van der Waals surface area (Å²) in [6.07, 6.45) is 3.57. The normalized spacial score (nSPS) is 18.4. The van der Waals surface area contributed by atoms with Crippen LogP contribution < -0.4 is 10.6 Å². The fourth-order valence-corrected chi connectivity index (χ4v) is 3.37. The van der Waals surface area contributed by atoms with Gasteiger partial charge in [-0.1, -0.05) is 30.3 Å². The van der Waals surface area contributed by atoms with Crippen molar-refractivity contribution in [1.29, 1.82) is 0 Å². The van der Waals surface area contributed by atoms with E-state index in [-0.39, 0.29) is 11.8 Å². The maximum Gasteiger partial charge on any atom is 0.232 e. The van der Waals surface area contributed by atoms with E-state index in [1.807, 2.05) is 35.2 Å². The predicted molar refractivity (Wildman–Crippen MR) is 114 cm³/mol. The molecule has 1 saturated carbocycles. The second kappa shape index (κ2) is 11.8. The molecule has 1 unspecified atom stereocenters. The quantitative estimate of drug-likeness (QED) is 0.353. The molecule has 2 N–H and O–H groups in total. The molecular formula is C22H34N4O3. The molecule has 7 heteroatoms. The van der Waals surface area contributed by atoms with Gasteiger partial charge in [-0.3, -0.25) is 9.79 Å². The summed E-state index contributed by atoms with van der Waals surface area (Å²) in [5.41, 5.74) is 1.01. The SMILES string of the molecule is CN=C(NCCCOCC1CC1)NCC(C(=O)N1CCOCC1)c1ccccc1. The molecule has 2 aliphatic rings. The van der Waals surface area contributed by atoms with Crippen molar-refractivity contribution in [2.24, 2.45) is 10.9 Å². The van der Waals surface area contributed by atoms with E-state index in [1.54, 1.807) is 7.05 Å². The summed E-state index contributed by atoms with van der Waals surface area (Å²) in [5.74, 6) is 1.39. The van der Waals surface area contributed by atoms with Crippen LogP contribution in [-0.4, -0.2) is 76.4 Å². The number of hydrogen-bond acceptors (Lipinski definition) is 4. The average molecular weight is 403 g/mol. The second-order valence-electron chi connectivity index (χ2n) is 7.65. The fourth-order valence-electron chi connectivity index (χ4n) is 3.37. The fraction of sp³-hybridized carbons (Fsp3) is 0.636. The van der Waals surface area contributed by atoms with Crippen LogP contribution in [0.1, 0.15) is 30.7 Å². The Morgan fingerprint density at radius 2 is 2.00 bits per heavy atom. The molecule has 1 amide bonds. The molecule has 7 nitrogen and oxygen atoms in total. The minimum atomic E-state index is -0.255. The van der Waals surface area contributed by atoms with Crippen molar-refractivity contribution in [2.75, 3.05) is 59.7 Å². The van der Waals surface area contributed by atoms with E-state index < -0.39 is 0 Å². The van der Waals surface area contributed by atoms with Gasteiger partial charge in [-0.25, -0.2) is 0 Å². The third-order valence-electron chi connectivity index (χ3n) is 5.33. The van der Waals surface area contributed by atoms with E-state index in [9.17, 15) is 4.79 Å². The van der Waals surface area contributed by atoms with Crippen molar-refractivity contribution >= 4 is 11.9 Å². The van der Waals surface area contributed by atoms with Crippen LogP contribution in [0.25, 0.3) is 0 Å². The van der Waals surface area contributed by atoms with E-state index in [0.29, 0.717) is 38.8 Å². The molecule has 1 aliphatic heterocycles. The minimum absolute atomic E-state index is 0.135. The highest BCUT2D eigenvalue weighted by atomic mass is 16.5. The Bertz CT molecular complexity index is 643. The Hall–Kier alpha value is -2.12. The summed E-state index contributed by atoms with van der Waals surface area (Å²) in [4.78, 5) is 19.3. The molecule has 3 rings (SSSR count). The molecule has 0 spiro atoms. The van der Waals surface area contributed by atoms with E-state index in [1.165, 1.54) is 12.8 Å². The van der Waals surface area contributed by atoms with Gasteiger partial charge in [0.15, 0.2) is 5.96 Å². The first-order valence-corrected chi connectivity index (χ1v) is 10.7. The van der Waals surface area contributed by atoms with E-state index >= 15 is 0 Å². The van der Waals surface area contributed by atoms with Crippen molar-refractivity contribution in [2.45, 2.75) is 25.2 Å². The van der Waals surface area contributed by atoms with Crippen molar-refractivity contribution < 1.29 is 14.3 Å². The van der Waals surface area contributed by atoms with Crippen LogP contribution in [0.15, 0.2) is 35.3 Å². The van der Waals surface area contributed by atoms with Gasteiger partial charge in [-0.2, -0.15) is 0 Å². The summed E-state index contributed by atoms with van der Waals surface area (Å²) >= 11 is 0. The van der Waals surface area contributed by atoms with Gasteiger partial charge < -0.3 is 25.0 Å². The largest absolute Gasteiger partial charge is 0.381 e. The van der Waals surface area contributed by atoms with Crippen LogP contribution in [0.2, 0.25) is 0 Å². The number of guanidine groups is 1. The first-order valence-electron chi connectivity index (χ1n) is 10.7. The molecule has 1 heterocycles. The summed E-state index contributed by atoms with van der Waals surface area (Å²) in [6, 6.07) is 9.95. The van der Waals surface area contributed by atoms with Crippen molar-refractivity contribution in [3.05, 3.63) is 35.9 Å². The monoisotopic (exact) mass is 402 g/mol. The number of ether oxygens (including phenoxy) is 2. The number of nitrogens with one attached hydrogen (secondary N) is 2. The molecular weight excluding hydrogens is 368 g/mol. The van der Waals surface area contributed by atoms with Crippen molar-refractivity contribution in [3.63, 3.8) is 0 Å². The molecule has 1 aromatic rings. The number of carbonyl (C=O) groups is 1. The van der Waals surface area contributed by atoms with E-state index in [0.717, 1.165) is 37.7 Å². The predicted octanol–water partition coefficient (Wildman–Crippen LogP) is 1.61. The molecule has 1 aromatic carbocycles. The number of aliphatic imine (C=N–C) groups is 1. The van der Waals surface area contributed by atoms with Gasteiger partial charge in [0, 0.05) is 46.4 Å². The zero-order chi connectivity index (χ0) is 20.3. The van der Waals surface area contributed by atoms with Crippen LogP contribution in [0.4, 0.5) is 0 Å². The third kappa shape index (κ3) is 7.33. The molecule has 2 fully saturated rings. The van der Waals surface area contributed by atoms with Crippen molar-refractivity contribution in [1.82, 2.24) is 15.5 Å². The zero-order valence-electron chi connectivity index (χ0n) is 17.4. The van der Waals surface area contributed by atoms with Gasteiger partial charge in [0.1, 0.15) is 0 Å². The number of morpholine rings is 1. The summed E-state index contributed by atoms with van der Waals surface area (Å²) in [5, 5.41) is 6.64. The molecule has 0 aromatic heterocycles. The Morgan fingerprint density at radius 3 is 2.69 bits per heavy atom. The standard InChI is InChI=1S/C22H34N4O3/c1-23-22(24-10-5-13-29-17-18-8-9-18)25-16-20(19-6-3-2-4-7-19)21(27)26-11-14-28-15-12-26/h2-4,6-7,18,20H,5,8-17H2,1H3,(H2,23,24,25). The number of hydrogen-bond donors (Lipinski definition) is 2. The van der Waals surface area contributed by atoms with E-state index in [2.05, 4.69) is 15.6 Å². The van der Waals surface area contributed by atoms with Crippen LogP contribution in [0.3, 0.4) is 0 Å². The van der Waals surface area contributed by atoms with Crippen LogP contribution in [0.5, 0.6) is 0 Å². The topological polar surface area (TPSA) is 75.2 Å². The highest BCUT2D eigenvalue weighted by molar-refractivity contribution is 5.86. The smallest absolute Gasteiger partial charge is 0.232 e. The summed E-state index contributed by atoms with van der Waals surface area (Å²) in [6.45, 7) is 5.46. The van der Waals surface area contributed by atoms with Gasteiger partial charge in [0.2, 0.25) is 5.91 Å². The molecule has 0 bridgehead atoms. The molecule has 1 atom stereocenters. The van der Waals surface area contributed by atoms with Gasteiger partial charge >= 0.3 is 0 Å². The van der Waals surface area contributed by atoms with E-state index in [4.69, 9.17) is 9.47 Å². The van der Waals surface area contributed by atoms with Crippen LogP contribution >= 0.6 is 0 Å². The molecule has 29 heavy (non-hydrogen) atoms. The van der Waals surface area contributed by atoms with Gasteiger partial charge in [0.05, 0.1) is 19.1 Å². The Morgan fingerprint density at radius 1 is 1.24 bits per heavy atom. The maximum atomic E-state index is 13.1. The zero-order valence-corrected chi connectivity index (χ0v) is 17.4. The average Bonchev–Trinajstić information content (AvgIpc) is 3.60. The number of benzene rings is 1. The van der Waals surface area contributed by atoms with Crippen LogP contribution in [0, 0.1) is 5.92 Å². The lowest BCUT2D eigenvalue weighted by atomic mass is 9.97. The second-order valence-corrected chi connectivity index (χ2v) is 7.65. The number of carbonyl (C=O) groups excluding carboxylic acids is 1. The minimum Gasteiger partial charge on any atom is -0.381 e. The van der Waals surface area contributed by atoms with Crippen LogP contribution in [-0.2, 0) is 14.3 Å². The van der Waals surface area contributed by atoms with Gasteiger partial charge in [-0.15, -0.1) is 0 Å². The number of rotatable bonds is 10. The summed E-state index contributed by atoms with van der Waals surface area (Å²) in [7, 11) is 1.75. The first-order chi connectivity index (χ1) is 14.3. The number of nitrogens with zero attached hydrogens (tertiary/aromatic N) is 2. The Balaban J connectivity index is 1.47. The molecule has 0 radical (unpaired) electrons. The first kappa shape index (κ1) is 21.6. The summed E-state index contributed by atoms with van der Waals surface area (Å²) < 4.78 is 11.1. The lowest BCUT2D eigenvalue weighted by Gasteiger charge is -2.31. The van der Waals surface area contributed by atoms with Gasteiger partial charge in [-0.05, 0) is 30.7 Å². The molecule has 1 saturated heterocycles. The maximum absolute atomic E-state index is 13.1. The Labute approximate surface area is 173 Å². The lowest BCUT2D eigenvalue weighted by Crippen LogP contribution is -2.47. The Kier molecular flexibility index (Phi) is 8.77. The lowest BCUT2D eigenvalue weighted by molar-refractivity contribution is -0.136.